The van der Waals surface area contributed by atoms with Gasteiger partial charge in [0.1, 0.15) is 0 Å². The molecule has 1 amide bonds. The van der Waals surface area contributed by atoms with Crippen LogP contribution in [-0.4, -0.2) is 42.3 Å². The summed E-state index contributed by atoms with van der Waals surface area (Å²) in [6.45, 7) is 4.85. The van der Waals surface area contributed by atoms with Crippen LogP contribution in [0.1, 0.15) is 34.1 Å². The van der Waals surface area contributed by atoms with Gasteiger partial charge in [-0.2, -0.15) is 0 Å². The van der Waals surface area contributed by atoms with E-state index in [1.807, 2.05) is 48.5 Å². The molecule has 0 saturated carbocycles. The average Bonchev–Trinajstić information content (AvgIpc) is 3.25. The highest BCUT2D eigenvalue weighted by atomic mass is 32.2. The van der Waals surface area contributed by atoms with E-state index in [1.165, 1.54) is 13.0 Å². The molecule has 2 aromatic rings. The number of fused-ring (bicyclic) bond motifs is 2. The molecule has 3 atom stereocenters. The molecule has 1 N–H and O–H groups in total. The maximum atomic E-state index is 12.5. The van der Waals surface area contributed by atoms with Gasteiger partial charge in [0.2, 0.25) is 0 Å². The van der Waals surface area contributed by atoms with Gasteiger partial charge in [0.15, 0.2) is 5.78 Å². The Kier molecular flexibility index (Phi) is 4.83. The summed E-state index contributed by atoms with van der Waals surface area (Å²) in [7, 11) is 0. The first-order chi connectivity index (χ1) is 12.6. The first-order valence-corrected chi connectivity index (χ1v) is 9.83. The largest absolute Gasteiger partial charge is 0.348 e. The van der Waals surface area contributed by atoms with Crippen LogP contribution in [0.4, 0.5) is 0 Å². The van der Waals surface area contributed by atoms with Crippen molar-refractivity contribution in [2.45, 2.75) is 29.2 Å². The molecular weight excluding hydrogens is 344 g/mol. The molecule has 2 aromatic carbocycles. The van der Waals surface area contributed by atoms with Gasteiger partial charge in [-0.05, 0) is 56.1 Å². The van der Waals surface area contributed by atoms with Gasteiger partial charge >= 0.3 is 0 Å². The molecule has 4 rings (SSSR count). The Morgan fingerprint density at radius 3 is 2.50 bits per heavy atom. The van der Waals surface area contributed by atoms with Gasteiger partial charge in [0, 0.05) is 40.0 Å². The molecule has 2 heterocycles. The molecule has 0 spiro atoms. The Morgan fingerprint density at radius 1 is 1.08 bits per heavy atom. The van der Waals surface area contributed by atoms with Gasteiger partial charge in [-0.15, -0.1) is 0 Å². The third kappa shape index (κ3) is 3.55. The molecule has 5 heteroatoms. The zero-order valence-corrected chi connectivity index (χ0v) is 15.6. The minimum atomic E-state index is 0.00411. The van der Waals surface area contributed by atoms with Gasteiger partial charge in [-0.3, -0.25) is 9.59 Å². The molecule has 4 nitrogen and oxygen atoms in total. The Morgan fingerprint density at radius 2 is 1.85 bits per heavy atom. The summed E-state index contributed by atoms with van der Waals surface area (Å²) in [6, 6.07) is 15.5. The summed E-state index contributed by atoms with van der Waals surface area (Å²) >= 11 is 1.55. The van der Waals surface area contributed by atoms with E-state index in [9.17, 15) is 9.59 Å². The Hall–Kier alpha value is -2.11. The molecular formula is C21H22N2O2S. The van der Waals surface area contributed by atoms with Gasteiger partial charge in [-0.1, -0.05) is 30.0 Å². The number of benzene rings is 2. The second-order valence-electron chi connectivity index (χ2n) is 7.07. The third-order valence-electron chi connectivity index (χ3n) is 5.26. The van der Waals surface area contributed by atoms with Crippen LogP contribution >= 0.6 is 11.8 Å². The number of nitrogens with one attached hydrogen (secondary N) is 1. The first kappa shape index (κ1) is 17.3. The van der Waals surface area contributed by atoms with Gasteiger partial charge in [-0.25, -0.2) is 0 Å². The Balaban J connectivity index is 1.42. The lowest BCUT2D eigenvalue weighted by Crippen LogP contribution is -2.43. The average molecular weight is 366 g/mol. The fourth-order valence-corrected chi connectivity index (χ4v) is 4.84. The highest BCUT2D eigenvalue weighted by Crippen LogP contribution is 2.31. The van der Waals surface area contributed by atoms with E-state index < -0.39 is 0 Å². The van der Waals surface area contributed by atoms with Crippen molar-refractivity contribution in [3.63, 3.8) is 0 Å². The van der Waals surface area contributed by atoms with Crippen LogP contribution in [0.5, 0.6) is 0 Å². The zero-order valence-electron chi connectivity index (χ0n) is 14.8. The number of carbonyl (C=O) groups excluding carboxylic acids is 2. The quantitative estimate of drug-likeness (QED) is 0.823. The fourth-order valence-electron chi connectivity index (χ4n) is 3.85. The Bertz CT molecular complexity index is 834. The van der Waals surface area contributed by atoms with E-state index in [-0.39, 0.29) is 17.7 Å². The highest BCUT2D eigenvalue weighted by molar-refractivity contribution is 7.99. The molecule has 134 valence electrons. The van der Waals surface area contributed by atoms with Crippen LogP contribution < -0.4 is 5.32 Å². The van der Waals surface area contributed by atoms with Crippen LogP contribution in [0, 0.1) is 5.92 Å². The van der Waals surface area contributed by atoms with E-state index in [0.717, 1.165) is 28.4 Å². The van der Waals surface area contributed by atoms with Crippen LogP contribution in [0.25, 0.3) is 0 Å². The van der Waals surface area contributed by atoms with Crippen LogP contribution in [0.2, 0.25) is 0 Å². The number of rotatable bonds is 5. The second kappa shape index (κ2) is 7.25. The van der Waals surface area contributed by atoms with Crippen molar-refractivity contribution in [2.75, 3.05) is 19.6 Å². The monoisotopic (exact) mass is 366 g/mol. The maximum absolute atomic E-state index is 12.5. The van der Waals surface area contributed by atoms with Crippen molar-refractivity contribution >= 4 is 23.5 Å². The van der Waals surface area contributed by atoms with E-state index in [1.54, 1.807) is 18.7 Å². The summed E-state index contributed by atoms with van der Waals surface area (Å²) in [5, 5.41) is 3.19. The molecule has 3 unspecified atom stereocenters. The lowest BCUT2D eigenvalue weighted by atomic mass is 9.99. The van der Waals surface area contributed by atoms with Crippen LogP contribution in [0.3, 0.4) is 0 Å². The number of Topliss-reactive ketones (excluding diaryl/α,β-unsaturated/α-hetero) is 1. The minimum absolute atomic E-state index is 0.00411. The number of amides is 1. The molecule has 2 fully saturated rings. The summed E-state index contributed by atoms with van der Waals surface area (Å²) in [4.78, 5) is 28.6. The van der Waals surface area contributed by atoms with Crippen molar-refractivity contribution in [3.05, 3.63) is 59.7 Å². The number of nitrogens with zero attached hydrogens (tertiary/aromatic N) is 1. The van der Waals surface area contributed by atoms with E-state index in [4.69, 9.17) is 0 Å². The maximum Gasteiger partial charge on any atom is 0.251 e. The van der Waals surface area contributed by atoms with Crippen molar-refractivity contribution < 1.29 is 9.59 Å². The van der Waals surface area contributed by atoms with Crippen molar-refractivity contribution in [1.82, 2.24) is 10.2 Å². The lowest BCUT2D eigenvalue weighted by molar-refractivity contribution is 0.0923. The fraction of sp³-hybridized carbons (Fsp3) is 0.333. The number of hydrogen-bond donors (Lipinski definition) is 1. The lowest BCUT2D eigenvalue weighted by Gasteiger charge is -2.23. The van der Waals surface area contributed by atoms with Crippen LogP contribution in [0.15, 0.2) is 58.3 Å². The second-order valence-corrected chi connectivity index (χ2v) is 8.18. The summed E-state index contributed by atoms with van der Waals surface area (Å²) in [5.41, 5.74) is 1.41. The number of hydrogen-bond acceptors (Lipinski definition) is 4. The minimum Gasteiger partial charge on any atom is -0.348 e. The molecule has 0 aromatic heterocycles. The smallest absolute Gasteiger partial charge is 0.251 e. The molecule has 2 aliphatic rings. The van der Waals surface area contributed by atoms with E-state index in [2.05, 4.69) is 10.2 Å². The third-order valence-corrected chi connectivity index (χ3v) is 6.34. The SMILES string of the molecule is CC(=O)c1ccccc1Sc1ccc(C(=O)NC2CN3CCC2C3)cc1. The van der Waals surface area contributed by atoms with E-state index >= 15 is 0 Å². The Labute approximate surface area is 158 Å². The highest BCUT2D eigenvalue weighted by Gasteiger charge is 2.38. The molecule has 26 heavy (non-hydrogen) atoms. The predicted octanol–water partition coefficient (Wildman–Crippen LogP) is 3.47. The first-order valence-electron chi connectivity index (χ1n) is 9.01. The molecule has 0 aliphatic carbocycles. The number of carbonyl (C=O) groups is 2. The van der Waals surface area contributed by atoms with Gasteiger partial charge in [0.25, 0.3) is 5.91 Å². The molecule has 2 bridgehead atoms. The normalized spacial score (nSPS) is 23.8. The number of piperidine rings is 1. The van der Waals surface area contributed by atoms with Crippen molar-refractivity contribution in [3.8, 4) is 0 Å². The van der Waals surface area contributed by atoms with Crippen molar-refractivity contribution in [2.24, 2.45) is 5.92 Å². The standard InChI is InChI=1S/C21H22N2O2S/c1-14(24)18-4-2-3-5-20(18)26-17-8-6-15(7-9-17)21(25)22-19-13-23-11-10-16(19)12-23/h2-9,16,19H,10-13H2,1H3,(H,22,25). The van der Waals surface area contributed by atoms with Gasteiger partial charge in [0.05, 0.1) is 0 Å². The van der Waals surface area contributed by atoms with Crippen LogP contribution in [-0.2, 0) is 0 Å². The zero-order chi connectivity index (χ0) is 18.1. The number of ketones is 1. The molecule has 0 radical (unpaired) electrons. The molecule has 2 saturated heterocycles. The van der Waals surface area contributed by atoms with Crippen molar-refractivity contribution in [1.29, 1.82) is 0 Å². The summed E-state index contributed by atoms with van der Waals surface area (Å²) in [6.07, 6.45) is 1.19. The predicted molar refractivity (Wildman–Crippen MR) is 103 cm³/mol. The van der Waals surface area contributed by atoms with E-state index in [0.29, 0.717) is 11.5 Å². The summed E-state index contributed by atoms with van der Waals surface area (Å²) in [5.74, 6) is 0.673. The van der Waals surface area contributed by atoms with Gasteiger partial charge < -0.3 is 10.2 Å². The molecule has 2 aliphatic heterocycles. The summed E-state index contributed by atoms with van der Waals surface area (Å²) < 4.78 is 0. The topological polar surface area (TPSA) is 49.4 Å².